The molecule has 0 unspecified atom stereocenters. The number of carbonyl (C=O) groups excluding carboxylic acids is 1. The molecule has 0 aliphatic carbocycles. The van der Waals surface area contributed by atoms with Crippen LogP contribution in [0.1, 0.15) is 23.0 Å². The van der Waals surface area contributed by atoms with E-state index < -0.39 is 0 Å². The molecular weight excluding hydrogens is 380 g/mol. The fourth-order valence-electron chi connectivity index (χ4n) is 2.97. The third-order valence-corrected chi connectivity index (χ3v) is 5.43. The molecule has 1 N–H and O–H groups in total. The maximum atomic E-state index is 12.7. The second-order valence-electron chi connectivity index (χ2n) is 6.31. The number of amides is 1. The topological polar surface area (TPSA) is 59.3 Å². The van der Waals surface area contributed by atoms with Crippen LogP contribution in [0, 0.1) is 0 Å². The zero-order chi connectivity index (χ0) is 18.8. The van der Waals surface area contributed by atoms with Crippen LogP contribution in [-0.4, -0.2) is 26.3 Å². The van der Waals surface area contributed by atoms with Gasteiger partial charge < -0.3 is 5.32 Å². The van der Waals surface area contributed by atoms with E-state index in [0.29, 0.717) is 10.7 Å². The van der Waals surface area contributed by atoms with Gasteiger partial charge in [0, 0.05) is 35.6 Å². The van der Waals surface area contributed by atoms with E-state index in [1.807, 2.05) is 59.3 Å². The lowest BCUT2D eigenvalue weighted by atomic mass is 10.1. The molecule has 5 nitrogen and oxygen atoms in total. The first kappa shape index (κ1) is 17.7. The van der Waals surface area contributed by atoms with Gasteiger partial charge in [0.25, 0.3) is 5.91 Å². The molecule has 136 valence electrons. The molecule has 0 fully saturated rings. The van der Waals surface area contributed by atoms with Gasteiger partial charge in [-0.1, -0.05) is 29.8 Å². The average molecular weight is 397 g/mol. The molecule has 1 atom stereocenters. The van der Waals surface area contributed by atoms with Crippen molar-refractivity contribution in [1.29, 1.82) is 0 Å². The molecule has 4 aromatic rings. The second-order valence-corrected chi connectivity index (χ2v) is 7.56. The summed E-state index contributed by atoms with van der Waals surface area (Å²) in [5.41, 5.74) is 3.32. The lowest BCUT2D eigenvalue weighted by Crippen LogP contribution is -2.34. The number of fused-ring (bicyclic) bond motifs is 1. The van der Waals surface area contributed by atoms with Crippen molar-refractivity contribution in [2.75, 3.05) is 0 Å². The van der Waals surface area contributed by atoms with Crippen molar-refractivity contribution in [2.45, 2.75) is 19.4 Å². The lowest BCUT2D eigenvalue weighted by molar-refractivity contribution is 0.0934. The van der Waals surface area contributed by atoms with Crippen molar-refractivity contribution in [3.8, 4) is 11.3 Å². The number of carbonyl (C=O) groups is 1. The van der Waals surface area contributed by atoms with Gasteiger partial charge in [-0.2, -0.15) is 0 Å². The second kappa shape index (κ2) is 7.50. The van der Waals surface area contributed by atoms with Crippen LogP contribution in [0.25, 0.3) is 16.2 Å². The molecule has 0 bridgehead atoms. The van der Waals surface area contributed by atoms with E-state index in [-0.39, 0.29) is 11.9 Å². The van der Waals surface area contributed by atoms with E-state index in [0.717, 1.165) is 28.2 Å². The minimum Gasteiger partial charge on any atom is -0.348 e. The third-order valence-electron chi connectivity index (χ3n) is 4.26. The SMILES string of the molecule is C[C@@H](Cc1ccncc1)NC(=O)c1csc2nc(-c3ccccc3Cl)cn12. The van der Waals surface area contributed by atoms with Gasteiger partial charge in [0.15, 0.2) is 4.96 Å². The summed E-state index contributed by atoms with van der Waals surface area (Å²) in [6, 6.07) is 11.5. The van der Waals surface area contributed by atoms with Gasteiger partial charge >= 0.3 is 0 Å². The summed E-state index contributed by atoms with van der Waals surface area (Å²) in [5.74, 6) is -0.120. The Kier molecular flexibility index (Phi) is 4.92. The summed E-state index contributed by atoms with van der Waals surface area (Å²) >= 11 is 7.71. The summed E-state index contributed by atoms with van der Waals surface area (Å²) in [7, 11) is 0. The van der Waals surface area contributed by atoms with Gasteiger partial charge in [-0.3, -0.25) is 14.2 Å². The number of hydrogen-bond acceptors (Lipinski definition) is 4. The molecular formula is C20H17ClN4OS. The number of rotatable bonds is 5. The first-order valence-corrected chi connectivity index (χ1v) is 9.79. The molecule has 4 rings (SSSR count). The predicted molar refractivity (Wildman–Crippen MR) is 108 cm³/mol. The van der Waals surface area contributed by atoms with Crippen molar-refractivity contribution < 1.29 is 4.79 Å². The fourth-order valence-corrected chi connectivity index (χ4v) is 4.05. The molecule has 1 amide bonds. The largest absolute Gasteiger partial charge is 0.348 e. The highest BCUT2D eigenvalue weighted by molar-refractivity contribution is 7.15. The van der Waals surface area contributed by atoms with Gasteiger partial charge in [0.05, 0.1) is 10.7 Å². The molecule has 0 saturated carbocycles. The van der Waals surface area contributed by atoms with Crippen LogP contribution in [0.5, 0.6) is 0 Å². The Bertz CT molecular complexity index is 1090. The van der Waals surface area contributed by atoms with E-state index in [1.54, 1.807) is 12.4 Å². The van der Waals surface area contributed by atoms with Gasteiger partial charge in [-0.15, -0.1) is 11.3 Å². The van der Waals surface area contributed by atoms with Crippen LogP contribution in [0.3, 0.4) is 0 Å². The van der Waals surface area contributed by atoms with Crippen molar-refractivity contribution in [2.24, 2.45) is 0 Å². The van der Waals surface area contributed by atoms with E-state index in [2.05, 4.69) is 15.3 Å². The van der Waals surface area contributed by atoms with Gasteiger partial charge in [-0.25, -0.2) is 4.98 Å². The van der Waals surface area contributed by atoms with Crippen molar-refractivity contribution in [3.63, 3.8) is 0 Å². The van der Waals surface area contributed by atoms with Crippen LogP contribution in [0.15, 0.2) is 60.4 Å². The number of imidazole rings is 1. The number of nitrogens with zero attached hydrogens (tertiary/aromatic N) is 3. The van der Waals surface area contributed by atoms with E-state index in [4.69, 9.17) is 11.6 Å². The Hall–Kier alpha value is -2.70. The minimum atomic E-state index is -0.120. The number of aromatic nitrogens is 3. The zero-order valence-electron chi connectivity index (χ0n) is 14.6. The maximum Gasteiger partial charge on any atom is 0.269 e. The fraction of sp³-hybridized carbons (Fsp3) is 0.150. The Morgan fingerprint density at radius 2 is 2.04 bits per heavy atom. The van der Waals surface area contributed by atoms with Crippen LogP contribution in [0.4, 0.5) is 0 Å². The standard InChI is InChI=1S/C20H17ClN4OS/c1-13(10-14-6-8-22-9-7-14)23-19(26)18-12-27-20-24-17(11-25(18)20)15-4-2-3-5-16(15)21/h2-9,11-13H,10H2,1H3,(H,23,26)/t13-/m0/s1. The first-order valence-electron chi connectivity index (χ1n) is 8.53. The highest BCUT2D eigenvalue weighted by Gasteiger charge is 2.17. The molecule has 0 aliphatic rings. The lowest BCUT2D eigenvalue weighted by Gasteiger charge is -2.13. The first-order chi connectivity index (χ1) is 13.1. The monoisotopic (exact) mass is 396 g/mol. The number of thiazole rings is 1. The van der Waals surface area contributed by atoms with Crippen LogP contribution < -0.4 is 5.32 Å². The highest BCUT2D eigenvalue weighted by atomic mass is 35.5. The quantitative estimate of drug-likeness (QED) is 0.541. The molecule has 0 saturated heterocycles. The highest BCUT2D eigenvalue weighted by Crippen LogP contribution is 2.29. The predicted octanol–water partition coefficient (Wildman–Crippen LogP) is 4.47. The Labute approximate surface area is 165 Å². The van der Waals surface area contributed by atoms with Crippen LogP contribution in [0.2, 0.25) is 5.02 Å². The number of halogens is 1. The van der Waals surface area contributed by atoms with Crippen LogP contribution in [-0.2, 0) is 6.42 Å². The Morgan fingerprint density at radius 1 is 1.26 bits per heavy atom. The van der Waals surface area contributed by atoms with E-state index in [9.17, 15) is 4.79 Å². The molecule has 0 spiro atoms. The summed E-state index contributed by atoms with van der Waals surface area (Å²) in [6.45, 7) is 1.99. The molecule has 3 heterocycles. The summed E-state index contributed by atoms with van der Waals surface area (Å²) < 4.78 is 1.82. The molecule has 1 aromatic carbocycles. The molecule has 7 heteroatoms. The summed E-state index contributed by atoms with van der Waals surface area (Å²) in [6.07, 6.45) is 6.12. The summed E-state index contributed by atoms with van der Waals surface area (Å²) in [5, 5.41) is 5.52. The van der Waals surface area contributed by atoms with Crippen LogP contribution >= 0.6 is 22.9 Å². The normalized spacial score (nSPS) is 12.2. The molecule has 0 radical (unpaired) electrons. The molecule has 3 aromatic heterocycles. The smallest absolute Gasteiger partial charge is 0.269 e. The minimum absolute atomic E-state index is 0.00131. The van der Waals surface area contributed by atoms with Crippen molar-refractivity contribution in [1.82, 2.24) is 19.7 Å². The third kappa shape index (κ3) is 3.72. The van der Waals surface area contributed by atoms with Gasteiger partial charge in [0.1, 0.15) is 5.69 Å². The summed E-state index contributed by atoms with van der Waals surface area (Å²) in [4.78, 5) is 22.1. The number of benzene rings is 1. The van der Waals surface area contributed by atoms with E-state index in [1.165, 1.54) is 11.3 Å². The number of pyridine rings is 1. The molecule has 27 heavy (non-hydrogen) atoms. The Morgan fingerprint density at radius 3 is 2.81 bits per heavy atom. The van der Waals surface area contributed by atoms with E-state index >= 15 is 0 Å². The molecule has 0 aliphatic heterocycles. The zero-order valence-corrected chi connectivity index (χ0v) is 16.2. The average Bonchev–Trinajstić information content (AvgIpc) is 3.23. The maximum absolute atomic E-state index is 12.7. The number of hydrogen-bond donors (Lipinski definition) is 1. The van der Waals surface area contributed by atoms with Crippen molar-refractivity contribution in [3.05, 3.63) is 76.6 Å². The van der Waals surface area contributed by atoms with Crippen molar-refractivity contribution >= 4 is 33.8 Å². The van der Waals surface area contributed by atoms with Gasteiger partial charge in [0.2, 0.25) is 0 Å². The number of nitrogens with one attached hydrogen (secondary N) is 1. The van der Waals surface area contributed by atoms with Gasteiger partial charge in [-0.05, 0) is 37.1 Å². The Balaban J connectivity index is 1.55.